The number of hydrogen-bond acceptors (Lipinski definition) is 5. The van der Waals surface area contributed by atoms with E-state index in [9.17, 15) is 4.79 Å². The van der Waals surface area contributed by atoms with E-state index in [-0.39, 0.29) is 12.7 Å². The van der Waals surface area contributed by atoms with Gasteiger partial charge in [0.25, 0.3) is 5.91 Å². The van der Waals surface area contributed by atoms with Gasteiger partial charge >= 0.3 is 0 Å². The topological polar surface area (TPSA) is 64.8 Å². The molecule has 1 saturated carbocycles. The van der Waals surface area contributed by atoms with Crippen LogP contribution in [0, 0.1) is 0 Å². The van der Waals surface area contributed by atoms with Crippen LogP contribution < -0.4 is 14.4 Å². The highest BCUT2D eigenvalue weighted by molar-refractivity contribution is 6.04. The lowest BCUT2D eigenvalue weighted by Crippen LogP contribution is -2.30. The van der Waals surface area contributed by atoms with E-state index < -0.39 is 0 Å². The molecule has 136 valence electrons. The monoisotopic (exact) mass is 362 g/mol. The summed E-state index contributed by atoms with van der Waals surface area (Å²) in [5.41, 5.74) is 2.08. The average molecular weight is 362 g/mol. The van der Waals surface area contributed by atoms with Crippen LogP contribution in [0.5, 0.6) is 11.5 Å². The van der Waals surface area contributed by atoms with Gasteiger partial charge in [-0.05, 0) is 42.7 Å². The molecule has 1 aliphatic carbocycles. The van der Waals surface area contributed by atoms with Gasteiger partial charge in [-0.3, -0.25) is 4.79 Å². The van der Waals surface area contributed by atoms with Gasteiger partial charge in [-0.2, -0.15) is 0 Å². The molecule has 6 nitrogen and oxygen atoms in total. The SMILES string of the molecule is O=C(c1cc(C2CC2)on1)N(Cc1ccc2c(c1)OCO2)c1ccccc1. The van der Waals surface area contributed by atoms with Gasteiger partial charge in [-0.15, -0.1) is 0 Å². The predicted molar refractivity (Wildman–Crippen MR) is 98.0 cm³/mol. The van der Waals surface area contributed by atoms with Crippen LogP contribution in [0.25, 0.3) is 0 Å². The summed E-state index contributed by atoms with van der Waals surface area (Å²) in [6, 6.07) is 17.1. The summed E-state index contributed by atoms with van der Waals surface area (Å²) in [7, 11) is 0. The van der Waals surface area contributed by atoms with Crippen LogP contribution in [0.1, 0.15) is 40.6 Å². The van der Waals surface area contributed by atoms with Crippen LogP contribution >= 0.6 is 0 Å². The molecule has 27 heavy (non-hydrogen) atoms. The van der Waals surface area contributed by atoms with Gasteiger partial charge in [-0.1, -0.05) is 29.4 Å². The predicted octanol–water partition coefficient (Wildman–Crippen LogP) is 4.13. The Morgan fingerprint density at radius 1 is 1.04 bits per heavy atom. The molecule has 5 rings (SSSR count). The van der Waals surface area contributed by atoms with Crippen molar-refractivity contribution >= 4 is 11.6 Å². The number of para-hydroxylation sites is 1. The Balaban J connectivity index is 1.46. The van der Waals surface area contributed by atoms with Crippen molar-refractivity contribution in [3.63, 3.8) is 0 Å². The molecule has 0 saturated heterocycles. The van der Waals surface area contributed by atoms with E-state index in [4.69, 9.17) is 14.0 Å². The third kappa shape index (κ3) is 3.14. The number of fused-ring (bicyclic) bond motifs is 1. The number of nitrogens with zero attached hydrogens (tertiary/aromatic N) is 2. The normalized spacial score (nSPS) is 15.0. The van der Waals surface area contributed by atoms with Crippen LogP contribution in [0.2, 0.25) is 0 Å². The lowest BCUT2D eigenvalue weighted by Gasteiger charge is -2.22. The quantitative estimate of drug-likeness (QED) is 0.683. The molecule has 2 heterocycles. The van der Waals surface area contributed by atoms with Crippen LogP contribution in [-0.2, 0) is 6.54 Å². The van der Waals surface area contributed by atoms with E-state index in [0.717, 1.165) is 35.6 Å². The van der Waals surface area contributed by atoms with Crippen molar-refractivity contribution in [2.45, 2.75) is 25.3 Å². The highest BCUT2D eigenvalue weighted by Crippen LogP contribution is 2.40. The van der Waals surface area contributed by atoms with Crippen LogP contribution in [-0.4, -0.2) is 17.9 Å². The maximum absolute atomic E-state index is 13.2. The van der Waals surface area contributed by atoms with Crippen molar-refractivity contribution in [3.8, 4) is 11.5 Å². The first-order chi connectivity index (χ1) is 13.3. The smallest absolute Gasteiger partial charge is 0.280 e. The molecule has 0 spiro atoms. The molecular formula is C21H18N2O4. The minimum atomic E-state index is -0.186. The fourth-order valence-corrected chi connectivity index (χ4v) is 3.20. The Labute approximate surface area is 156 Å². The standard InChI is InChI=1S/C21H18N2O4/c24-21(17-11-19(27-22-17)15-7-8-15)23(16-4-2-1-3-5-16)12-14-6-9-18-20(10-14)26-13-25-18/h1-6,9-11,15H,7-8,12-13H2. The maximum Gasteiger partial charge on any atom is 0.280 e. The molecule has 1 aliphatic heterocycles. The number of carbonyl (C=O) groups is 1. The first kappa shape index (κ1) is 15.9. The molecule has 3 aromatic rings. The molecule has 2 aliphatic rings. The first-order valence-electron chi connectivity index (χ1n) is 9.00. The van der Waals surface area contributed by atoms with Crippen molar-refractivity contribution in [2.24, 2.45) is 0 Å². The van der Waals surface area contributed by atoms with Gasteiger partial charge in [0.2, 0.25) is 6.79 Å². The Kier molecular flexibility index (Phi) is 3.81. The molecule has 6 heteroatoms. The molecule has 1 fully saturated rings. The zero-order valence-electron chi connectivity index (χ0n) is 14.6. The van der Waals surface area contributed by atoms with E-state index in [1.54, 1.807) is 11.0 Å². The molecule has 0 unspecified atom stereocenters. The number of anilines is 1. The zero-order chi connectivity index (χ0) is 18.2. The number of hydrogen-bond donors (Lipinski definition) is 0. The highest BCUT2D eigenvalue weighted by atomic mass is 16.7. The third-order valence-electron chi connectivity index (χ3n) is 4.82. The first-order valence-corrected chi connectivity index (χ1v) is 9.00. The van der Waals surface area contributed by atoms with E-state index in [2.05, 4.69) is 5.16 Å². The minimum Gasteiger partial charge on any atom is -0.454 e. The largest absolute Gasteiger partial charge is 0.454 e. The second kappa shape index (κ2) is 6.46. The Hall–Kier alpha value is -3.28. The highest BCUT2D eigenvalue weighted by Gasteiger charge is 2.30. The molecule has 1 aromatic heterocycles. The molecule has 0 radical (unpaired) electrons. The maximum atomic E-state index is 13.2. The van der Waals surface area contributed by atoms with Gasteiger partial charge in [-0.25, -0.2) is 0 Å². The lowest BCUT2D eigenvalue weighted by atomic mass is 10.1. The fourth-order valence-electron chi connectivity index (χ4n) is 3.20. The summed E-state index contributed by atoms with van der Waals surface area (Å²) >= 11 is 0. The van der Waals surface area contributed by atoms with E-state index >= 15 is 0 Å². The lowest BCUT2D eigenvalue weighted by molar-refractivity contribution is 0.0976. The molecule has 0 bridgehead atoms. The molecule has 0 atom stereocenters. The van der Waals surface area contributed by atoms with Gasteiger partial charge in [0, 0.05) is 17.7 Å². The summed E-state index contributed by atoms with van der Waals surface area (Å²) in [5, 5.41) is 4.01. The van der Waals surface area contributed by atoms with Crippen LogP contribution in [0.3, 0.4) is 0 Å². The number of carbonyl (C=O) groups excluding carboxylic acids is 1. The molecular weight excluding hydrogens is 344 g/mol. The van der Waals surface area contributed by atoms with Crippen molar-refractivity contribution < 1.29 is 18.8 Å². The summed E-state index contributed by atoms with van der Waals surface area (Å²) in [5.74, 6) is 2.45. The van der Waals surface area contributed by atoms with Gasteiger partial charge in [0.15, 0.2) is 17.2 Å². The van der Waals surface area contributed by atoms with Gasteiger partial charge in [0.1, 0.15) is 5.76 Å². The van der Waals surface area contributed by atoms with E-state index in [1.165, 1.54) is 0 Å². The summed E-state index contributed by atoms with van der Waals surface area (Å²) in [4.78, 5) is 14.9. The molecule has 1 amide bonds. The van der Waals surface area contributed by atoms with Gasteiger partial charge in [0.05, 0.1) is 6.54 Å². The van der Waals surface area contributed by atoms with Crippen molar-refractivity contribution in [1.29, 1.82) is 0 Å². The number of ether oxygens (including phenoxy) is 2. The second-order valence-electron chi connectivity index (χ2n) is 6.80. The van der Waals surface area contributed by atoms with Gasteiger partial charge < -0.3 is 18.9 Å². The Bertz CT molecular complexity index is 979. The Morgan fingerprint density at radius 3 is 2.67 bits per heavy atom. The third-order valence-corrected chi connectivity index (χ3v) is 4.82. The van der Waals surface area contributed by atoms with E-state index in [0.29, 0.717) is 23.9 Å². The summed E-state index contributed by atoms with van der Waals surface area (Å²) in [6.07, 6.45) is 2.20. The van der Waals surface area contributed by atoms with Crippen LogP contribution in [0.15, 0.2) is 59.1 Å². The average Bonchev–Trinajstić information content (AvgIpc) is 3.25. The second-order valence-corrected chi connectivity index (χ2v) is 6.80. The minimum absolute atomic E-state index is 0.186. The summed E-state index contributed by atoms with van der Waals surface area (Å²) in [6.45, 7) is 0.619. The Morgan fingerprint density at radius 2 is 1.85 bits per heavy atom. The number of benzene rings is 2. The number of aromatic nitrogens is 1. The molecule has 0 N–H and O–H groups in total. The number of amides is 1. The fraction of sp³-hybridized carbons (Fsp3) is 0.238. The zero-order valence-corrected chi connectivity index (χ0v) is 14.6. The number of rotatable bonds is 5. The summed E-state index contributed by atoms with van der Waals surface area (Å²) < 4.78 is 16.2. The van der Waals surface area contributed by atoms with Crippen molar-refractivity contribution in [1.82, 2.24) is 5.16 Å². The molecule has 2 aromatic carbocycles. The van der Waals surface area contributed by atoms with Crippen molar-refractivity contribution in [3.05, 3.63) is 71.6 Å². The van der Waals surface area contributed by atoms with Crippen molar-refractivity contribution in [2.75, 3.05) is 11.7 Å². The van der Waals surface area contributed by atoms with E-state index in [1.807, 2.05) is 48.5 Å². The van der Waals surface area contributed by atoms with Crippen LogP contribution in [0.4, 0.5) is 5.69 Å².